The maximum atomic E-state index is 2.45. The predicted octanol–water partition coefficient (Wildman–Crippen LogP) is 17.7. The van der Waals surface area contributed by atoms with Crippen LogP contribution in [0.3, 0.4) is 0 Å². The van der Waals surface area contributed by atoms with E-state index in [4.69, 9.17) is 0 Å². The van der Waals surface area contributed by atoms with Gasteiger partial charge in [0.25, 0.3) is 0 Å². The summed E-state index contributed by atoms with van der Waals surface area (Å²) in [5.41, 5.74) is 18.7. The fraction of sp³-hybridized carbons (Fsp3) is 0. The molecule has 2 heteroatoms. The fourth-order valence-electron chi connectivity index (χ4n) is 9.82. The zero-order chi connectivity index (χ0) is 43.8. The Morgan fingerprint density at radius 1 is 0.258 bits per heavy atom. The van der Waals surface area contributed by atoms with Crippen LogP contribution in [-0.2, 0) is 0 Å². The van der Waals surface area contributed by atoms with Gasteiger partial charge >= 0.3 is 0 Å². The van der Waals surface area contributed by atoms with E-state index in [0.29, 0.717) is 0 Å². The summed E-state index contributed by atoms with van der Waals surface area (Å²) >= 11 is 0. The third-order valence-electron chi connectivity index (χ3n) is 13.0. The van der Waals surface area contributed by atoms with E-state index in [0.717, 1.165) is 28.3 Å². The Hall–Kier alpha value is -8.72. The van der Waals surface area contributed by atoms with E-state index in [1.165, 1.54) is 82.6 Å². The van der Waals surface area contributed by atoms with Crippen LogP contribution in [0.1, 0.15) is 0 Å². The van der Waals surface area contributed by atoms with Crippen LogP contribution in [0.15, 0.2) is 267 Å². The monoisotopic (exact) mass is 840 g/mol. The van der Waals surface area contributed by atoms with Crippen LogP contribution in [0.4, 0.5) is 17.1 Å². The van der Waals surface area contributed by atoms with Crippen molar-refractivity contribution in [3.8, 4) is 61.3 Å². The third-order valence-corrected chi connectivity index (χ3v) is 13.0. The maximum absolute atomic E-state index is 2.45. The number of anilines is 3. The molecule has 11 aromatic carbocycles. The van der Waals surface area contributed by atoms with E-state index in [-0.39, 0.29) is 0 Å². The van der Waals surface area contributed by atoms with Crippen molar-refractivity contribution in [2.45, 2.75) is 0 Å². The highest BCUT2D eigenvalue weighted by Gasteiger charge is 2.19. The standard InChI is InChI=1S/C64H44N2/c1-4-18-45(19-5-1)52-40-53(58-31-17-23-48-22-10-11-28-57(48)58)43-56(42-52)66-63-33-15-13-30-60(63)61-44-51(38-39-64(61)66)47-36-34-46(35-37-47)50-24-16-27-55(41-50)65(54-25-8-3-9-26-54)62-32-14-12-29-59(62)49-20-6-2-7-21-49/h1-44H. The number of aromatic nitrogens is 1. The van der Waals surface area contributed by atoms with Gasteiger partial charge in [0, 0.05) is 33.4 Å². The van der Waals surface area contributed by atoms with Gasteiger partial charge in [-0.15, -0.1) is 0 Å². The molecule has 12 aromatic rings. The van der Waals surface area contributed by atoms with Gasteiger partial charge in [-0.05, 0) is 128 Å². The van der Waals surface area contributed by atoms with Gasteiger partial charge in [-0.3, -0.25) is 0 Å². The van der Waals surface area contributed by atoms with Gasteiger partial charge in [-0.25, -0.2) is 0 Å². The molecule has 0 saturated carbocycles. The normalized spacial score (nSPS) is 11.3. The van der Waals surface area contributed by atoms with Crippen molar-refractivity contribution in [3.05, 3.63) is 267 Å². The molecule has 0 aliphatic heterocycles. The Balaban J connectivity index is 0.929. The van der Waals surface area contributed by atoms with Gasteiger partial charge in [0.1, 0.15) is 0 Å². The summed E-state index contributed by atoms with van der Waals surface area (Å²) in [4.78, 5) is 2.37. The maximum Gasteiger partial charge on any atom is 0.0541 e. The molecule has 0 radical (unpaired) electrons. The summed E-state index contributed by atoms with van der Waals surface area (Å²) < 4.78 is 2.45. The summed E-state index contributed by atoms with van der Waals surface area (Å²) in [6.45, 7) is 0. The molecule has 0 spiro atoms. The van der Waals surface area contributed by atoms with Gasteiger partial charge < -0.3 is 9.47 Å². The number of benzene rings is 11. The molecular weight excluding hydrogens is 797 g/mol. The summed E-state index contributed by atoms with van der Waals surface area (Å²) in [6, 6.07) is 96.8. The smallest absolute Gasteiger partial charge is 0.0541 e. The molecule has 1 aromatic heterocycles. The summed E-state index contributed by atoms with van der Waals surface area (Å²) in [5.74, 6) is 0. The molecule has 0 saturated heterocycles. The molecule has 0 amide bonds. The second-order valence-corrected chi connectivity index (χ2v) is 16.9. The van der Waals surface area contributed by atoms with Crippen LogP contribution in [-0.4, -0.2) is 4.57 Å². The van der Waals surface area contributed by atoms with E-state index in [1.54, 1.807) is 0 Å². The second kappa shape index (κ2) is 16.8. The first kappa shape index (κ1) is 38.9. The van der Waals surface area contributed by atoms with Crippen molar-refractivity contribution >= 4 is 49.6 Å². The minimum absolute atomic E-state index is 1.10. The summed E-state index contributed by atoms with van der Waals surface area (Å²) in [7, 11) is 0. The second-order valence-electron chi connectivity index (χ2n) is 16.9. The Morgan fingerprint density at radius 3 is 1.56 bits per heavy atom. The number of fused-ring (bicyclic) bond motifs is 4. The topological polar surface area (TPSA) is 8.17 Å². The quantitative estimate of drug-likeness (QED) is 0.141. The highest BCUT2D eigenvalue weighted by molar-refractivity contribution is 6.11. The molecule has 12 rings (SSSR count). The Kier molecular flexibility index (Phi) is 9.89. The van der Waals surface area contributed by atoms with Crippen LogP contribution >= 0.6 is 0 Å². The highest BCUT2D eigenvalue weighted by Crippen LogP contribution is 2.43. The van der Waals surface area contributed by atoms with Crippen molar-refractivity contribution in [2.75, 3.05) is 4.90 Å². The van der Waals surface area contributed by atoms with Gasteiger partial charge in [0.15, 0.2) is 0 Å². The minimum atomic E-state index is 1.10. The number of hydrogen-bond acceptors (Lipinski definition) is 1. The lowest BCUT2D eigenvalue weighted by Crippen LogP contribution is -2.11. The number of nitrogens with zero attached hydrogens (tertiary/aromatic N) is 2. The lowest BCUT2D eigenvalue weighted by atomic mass is 9.94. The lowest BCUT2D eigenvalue weighted by Gasteiger charge is -2.28. The van der Waals surface area contributed by atoms with Gasteiger partial charge in [-0.2, -0.15) is 0 Å². The van der Waals surface area contributed by atoms with E-state index in [1.807, 2.05) is 0 Å². The molecule has 0 aliphatic rings. The number of hydrogen-bond donors (Lipinski definition) is 0. The first-order chi connectivity index (χ1) is 32.7. The Morgan fingerprint density at radius 2 is 0.773 bits per heavy atom. The molecule has 1 heterocycles. The van der Waals surface area contributed by atoms with Crippen LogP contribution in [0.5, 0.6) is 0 Å². The average Bonchev–Trinajstić information content (AvgIpc) is 3.73. The first-order valence-electron chi connectivity index (χ1n) is 22.7. The predicted molar refractivity (Wildman–Crippen MR) is 280 cm³/mol. The molecule has 0 unspecified atom stereocenters. The third kappa shape index (κ3) is 7.12. The largest absolute Gasteiger partial charge is 0.310 e. The van der Waals surface area contributed by atoms with Crippen LogP contribution in [0.25, 0.3) is 93.9 Å². The fourth-order valence-corrected chi connectivity index (χ4v) is 9.82. The van der Waals surface area contributed by atoms with Crippen molar-refractivity contribution < 1.29 is 0 Å². The molecule has 0 atom stereocenters. The molecule has 2 nitrogen and oxygen atoms in total. The van der Waals surface area contributed by atoms with Crippen molar-refractivity contribution in [1.82, 2.24) is 4.57 Å². The minimum Gasteiger partial charge on any atom is -0.310 e. The molecule has 310 valence electrons. The molecule has 0 N–H and O–H groups in total. The molecular formula is C64H44N2. The summed E-state index contributed by atoms with van der Waals surface area (Å²) in [6.07, 6.45) is 0. The molecule has 0 bridgehead atoms. The SMILES string of the molecule is c1ccc(-c2cc(-c3cccc4ccccc34)cc(-n3c4ccccc4c4cc(-c5ccc(-c6cccc(N(c7ccccc7)c7ccccc7-c7ccccc7)c6)cc5)ccc43)c2)cc1. The lowest BCUT2D eigenvalue weighted by molar-refractivity contribution is 1.18. The number of rotatable bonds is 9. The van der Waals surface area contributed by atoms with Gasteiger partial charge in [0.2, 0.25) is 0 Å². The van der Waals surface area contributed by atoms with Crippen LogP contribution in [0, 0.1) is 0 Å². The van der Waals surface area contributed by atoms with Crippen molar-refractivity contribution in [1.29, 1.82) is 0 Å². The molecule has 0 aliphatic carbocycles. The van der Waals surface area contributed by atoms with E-state index in [9.17, 15) is 0 Å². The van der Waals surface area contributed by atoms with Crippen molar-refractivity contribution in [3.63, 3.8) is 0 Å². The van der Waals surface area contributed by atoms with E-state index in [2.05, 4.69) is 276 Å². The highest BCUT2D eigenvalue weighted by atomic mass is 15.1. The van der Waals surface area contributed by atoms with E-state index >= 15 is 0 Å². The van der Waals surface area contributed by atoms with Crippen molar-refractivity contribution in [2.24, 2.45) is 0 Å². The van der Waals surface area contributed by atoms with Gasteiger partial charge in [0.05, 0.1) is 16.7 Å². The zero-order valence-corrected chi connectivity index (χ0v) is 36.3. The Labute approximate surface area is 385 Å². The molecule has 66 heavy (non-hydrogen) atoms. The zero-order valence-electron chi connectivity index (χ0n) is 36.3. The van der Waals surface area contributed by atoms with Gasteiger partial charge in [-0.1, -0.05) is 200 Å². The number of para-hydroxylation sites is 3. The average molecular weight is 841 g/mol. The summed E-state index contributed by atoms with van der Waals surface area (Å²) in [5, 5.41) is 4.95. The van der Waals surface area contributed by atoms with E-state index < -0.39 is 0 Å². The Bertz CT molecular complexity index is 3680. The first-order valence-corrected chi connectivity index (χ1v) is 22.7. The van der Waals surface area contributed by atoms with Crippen LogP contribution in [0.2, 0.25) is 0 Å². The van der Waals surface area contributed by atoms with Crippen LogP contribution < -0.4 is 4.90 Å². The molecule has 0 fully saturated rings.